The highest BCUT2D eigenvalue weighted by molar-refractivity contribution is 5.78. The Balaban J connectivity index is 3.34. The van der Waals surface area contributed by atoms with Crippen molar-refractivity contribution in [2.75, 3.05) is 65.9 Å². The van der Waals surface area contributed by atoms with Crippen LogP contribution in [0, 0.1) is 0 Å². The third-order valence-corrected chi connectivity index (χ3v) is 5.47. The molecule has 0 heterocycles. The van der Waals surface area contributed by atoms with Crippen LogP contribution < -0.4 is 16.0 Å². The molecule has 0 rings (SSSR count). The first-order valence-electron chi connectivity index (χ1n) is 13.7. The fourth-order valence-electron chi connectivity index (χ4n) is 2.93. The summed E-state index contributed by atoms with van der Waals surface area (Å²) in [5.74, 6) is -0.0564. The van der Waals surface area contributed by atoms with Gasteiger partial charge in [0.15, 0.2) is 0 Å². The van der Waals surface area contributed by atoms with Crippen LogP contribution in [-0.2, 0) is 28.5 Å². The molecule has 36 heavy (non-hydrogen) atoms. The lowest BCUT2D eigenvalue weighted by atomic mass is 10.0. The third kappa shape index (κ3) is 25.8. The smallest absolute Gasteiger partial charge is 0.220 e. The van der Waals surface area contributed by atoms with Crippen LogP contribution in [-0.4, -0.2) is 88.8 Å². The SMILES string of the molecule is CCC(C)(C)NCCCOCCOCCOCCCNC(=O)CCCC(=O)NCCCOC(C)(C)C. The molecule has 0 radical (unpaired) electrons. The average Bonchev–Trinajstić information content (AvgIpc) is 2.80. The molecule has 0 unspecified atom stereocenters. The Labute approximate surface area is 220 Å². The van der Waals surface area contributed by atoms with Crippen molar-refractivity contribution in [2.45, 2.75) is 97.6 Å². The van der Waals surface area contributed by atoms with Gasteiger partial charge in [-0.05, 0) is 73.3 Å². The molecule has 9 heteroatoms. The summed E-state index contributed by atoms with van der Waals surface area (Å²) >= 11 is 0. The van der Waals surface area contributed by atoms with Crippen molar-refractivity contribution in [3.05, 3.63) is 0 Å². The molecule has 0 aromatic carbocycles. The summed E-state index contributed by atoms with van der Waals surface area (Å²) in [6.07, 6.45) is 4.88. The Morgan fingerprint density at radius 2 is 1.06 bits per heavy atom. The highest BCUT2D eigenvalue weighted by Crippen LogP contribution is 2.07. The molecule has 0 saturated carbocycles. The molecule has 214 valence electrons. The molecule has 0 aromatic rings. The minimum absolute atomic E-state index is 0.0235. The van der Waals surface area contributed by atoms with E-state index in [2.05, 4.69) is 36.7 Å². The predicted octanol–water partition coefficient (Wildman–Crippen LogP) is 3.20. The van der Waals surface area contributed by atoms with Gasteiger partial charge in [0.2, 0.25) is 11.8 Å². The van der Waals surface area contributed by atoms with Crippen LogP contribution in [0.2, 0.25) is 0 Å². The van der Waals surface area contributed by atoms with E-state index in [1.165, 1.54) is 0 Å². The van der Waals surface area contributed by atoms with Gasteiger partial charge < -0.3 is 34.9 Å². The number of nitrogens with one attached hydrogen (secondary N) is 3. The Kier molecular flexibility index (Phi) is 21.0. The van der Waals surface area contributed by atoms with E-state index in [0.29, 0.717) is 72.0 Å². The van der Waals surface area contributed by atoms with E-state index in [-0.39, 0.29) is 23.0 Å². The minimum Gasteiger partial charge on any atom is -0.379 e. The molecule has 2 amide bonds. The Morgan fingerprint density at radius 1 is 0.611 bits per heavy atom. The molecule has 3 N–H and O–H groups in total. The summed E-state index contributed by atoms with van der Waals surface area (Å²) in [6, 6.07) is 0. The van der Waals surface area contributed by atoms with Crippen LogP contribution in [0.1, 0.15) is 86.5 Å². The zero-order valence-corrected chi connectivity index (χ0v) is 24.0. The summed E-state index contributed by atoms with van der Waals surface area (Å²) in [6.45, 7) is 18.9. The van der Waals surface area contributed by atoms with Crippen molar-refractivity contribution in [1.29, 1.82) is 0 Å². The number of hydrogen-bond donors (Lipinski definition) is 3. The monoisotopic (exact) mass is 517 g/mol. The molecule has 0 spiro atoms. The lowest BCUT2D eigenvalue weighted by Gasteiger charge is -2.24. The van der Waals surface area contributed by atoms with Crippen LogP contribution >= 0.6 is 0 Å². The maximum atomic E-state index is 11.9. The molecule has 0 aliphatic heterocycles. The first kappa shape index (κ1) is 34.7. The zero-order valence-electron chi connectivity index (χ0n) is 24.0. The molecule has 0 aliphatic rings. The normalized spacial score (nSPS) is 12.1. The molecule has 0 atom stereocenters. The first-order chi connectivity index (χ1) is 17.1. The van der Waals surface area contributed by atoms with Gasteiger partial charge in [0.25, 0.3) is 0 Å². The molecular weight excluding hydrogens is 462 g/mol. The first-order valence-corrected chi connectivity index (χ1v) is 13.7. The highest BCUT2D eigenvalue weighted by Gasteiger charge is 2.12. The van der Waals surface area contributed by atoms with Crippen molar-refractivity contribution < 1.29 is 28.5 Å². The maximum Gasteiger partial charge on any atom is 0.220 e. The van der Waals surface area contributed by atoms with E-state index in [0.717, 1.165) is 38.8 Å². The number of ether oxygens (including phenoxy) is 4. The zero-order chi connectivity index (χ0) is 27.1. The molecule has 9 nitrogen and oxygen atoms in total. The minimum atomic E-state index is -0.156. The lowest BCUT2D eigenvalue weighted by Crippen LogP contribution is -2.39. The highest BCUT2D eigenvalue weighted by atomic mass is 16.5. The fraction of sp³-hybridized carbons (Fsp3) is 0.926. The van der Waals surface area contributed by atoms with Gasteiger partial charge in [-0.2, -0.15) is 0 Å². The summed E-state index contributed by atoms with van der Waals surface area (Å²) in [5.41, 5.74) is 0.0352. The number of rotatable bonds is 24. The number of carbonyl (C=O) groups is 2. The van der Waals surface area contributed by atoms with Crippen LogP contribution in [0.5, 0.6) is 0 Å². The van der Waals surface area contributed by atoms with Crippen molar-refractivity contribution in [1.82, 2.24) is 16.0 Å². The van der Waals surface area contributed by atoms with Gasteiger partial charge in [-0.15, -0.1) is 0 Å². The Morgan fingerprint density at radius 3 is 1.53 bits per heavy atom. The van der Waals surface area contributed by atoms with Gasteiger partial charge >= 0.3 is 0 Å². The Bertz CT molecular complexity index is 552. The van der Waals surface area contributed by atoms with E-state index in [9.17, 15) is 9.59 Å². The number of carbonyl (C=O) groups excluding carboxylic acids is 2. The van der Waals surface area contributed by atoms with Gasteiger partial charge in [-0.1, -0.05) is 6.92 Å². The van der Waals surface area contributed by atoms with Crippen molar-refractivity contribution in [3.8, 4) is 0 Å². The quantitative estimate of drug-likeness (QED) is 0.169. The largest absolute Gasteiger partial charge is 0.379 e. The average molecular weight is 518 g/mol. The summed E-state index contributed by atoms with van der Waals surface area (Å²) < 4.78 is 22.2. The summed E-state index contributed by atoms with van der Waals surface area (Å²) in [7, 11) is 0. The van der Waals surface area contributed by atoms with Crippen LogP contribution in [0.25, 0.3) is 0 Å². The molecule has 0 fully saturated rings. The van der Waals surface area contributed by atoms with E-state index in [1.54, 1.807) is 0 Å². The summed E-state index contributed by atoms with van der Waals surface area (Å²) in [5, 5.41) is 9.23. The Hall–Kier alpha value is -1.26. The molecule has 0 aromatic heterocycles. The second kappa shape index (κ2) is 21.8. The standard InChI is InChI=1S/C27H55N3O6/c1-7-27(5,6)30-16-11-18-34-21-23-35-22-20-33-17-9-14-28-24(31)12-8-13-25(32)29-15-10-19-36-26(2,3)4/h30H,7-23H2,1-6H3,(H,28,31)(H,29,32). The fourth-order valence-corrected chi connectivity index (χ4v) is 2.93. The van der Waals surface area contributed by atoms with Gasteiger partial charge in [-0.25, -0.2) is 0 Å². The second-order valence-corrected chi connectivity index (χ2v) is 10.6. The third-order valence-electron chi connectivity index (χ3n) is 5.47. The topological polar surface area (TPSA) is 107 Å². The van der Waals surface area contributed by atoms with Crippen LogP contribution in [0.15, 0.2) is 0 Å². The van der Waals surface area contributed by atoms with Gasteiger partial charge in [0, 0.05) is 51.3 Å². The van der Waals surface area contributed by atoms with Gasteiger partial charge in [0.05, 0.1) is 32.0 Å². The molecule has 0 saturated heterocycles. The maximum absolute atomic E-state index is 11.9. The van der Waals surface area contributed by atoms with Gasteiger partial charge in [0.1, 0.15) is 0 Å². The van der Waals surface area contributed by atoms with Crippen molar-refractivity contribution >= 4 is 11.8 Å². The van der Waals surface area contributed by atoms with Crippen LogP contribution in [0.3, 0.4) is 0 Å². The number of hydrogen-bond acceptors (Lipinski definition) is 7. The summed E-state index contributed by atoms with van der Waals surface area (Å²) in [4.78, 5) is 23.7. The van der Waals surface area contributed by atoms with E-state index < -0.39 is 0 Å². The van der Waals surface area contributed by atoms with E-state index in [4.69, 9.17) is 18.9 Å². The predicted molar refractivity (Wildman–Crippen MR) is 144 cm³/mol. The van der Waals surface area contributed by atoms with Crippen LogP contribution in [0.4, 0.5) is 0 Å². The van der Waals surface area contributed by atoms with Crippen molar-refractivity contribution in [3.63, 3.8) is 0 Å². The molecule has 0 aliphatic carbocycles. The van der Waals surface area contributed by atoms with Crippen molar-refractivity contribution in [2.24, 2.45) is 0 Å². The van der Waals surface area contributed by atoms with Gasteiger partial charge in [-0.3, -0.25) is 9.59 Å². The second-order valence-electron chi connectivity index (χ2n) is 10.6. The molecular formula is C27H55N3O6. The lowest BCUT2D eigenvalue weighted by molar-refractivity contribution is -0.122. The number of amides is 2. The van der Waals surface area contributed by atoms with E-state index >= 15 is 0 Å². The molecule has 0 bridgehead atoms. The van der Waals surface area contributed by atoms with E-state index in [1.807, 2.05) is 20.8 Å².